The van der Waals surface area contributed by atoms with E-state index in [2.05, 4.69) is 155 Å². The van der Waals surface area contributed by atoms with Gasteiger partial charge in [-0.15, -0.1) is 0 Å². The minimum atomic E-state index is -1.69. The van der Waals surface area contributed by atoms with Gasteiger partial charge in [-0.3, -0.25) is 13.3 Å². The normalized spacial score (nSPS) is 25.6. The third kappa shape index (κ3) is 14.6. The molecule has 3 N–H and O–H groups in total. The number of para-hydroxylation sites is 6. The van der Waals surface area contributed by atoms with Crippen LogP contribution in [0.4, 0.5) is 34.1 Å². The molecule has 6 aromatic rings. The maximum absolute atomic E-state index is 11.8. The van der Waals surface area contributed by atoms with Crippen LogP contribution in [-0.4, -0.2) is 118 Å². The van der Waals surface area contributed by atoms with E-state index in [9.17, 15) is 19.5 Å². The average molecular weight is 1190 g/mol. The molecule has 10 atom stereocenters. The largest absolute Gasteiger partial charge is 1.00 e. The Hall–Kier alpha value is -5.10. The van der Waals surface area contributed by atoms with Crippen LogP contribution in [0.2, 0.25) is 0 Å². The van der Waals surface area contributed by atoms with Gasteiger partial charge in [0, 0.05) is 60.4 Å². The molecule has 6 aromatic carbocycles. The molecule has 81 heavy (non-hydrogen) atoms. The summed E-state index contributed by atoms with van der Waals surface area (Å²) < 4.78 is 48.9. The summed E-state index contributed by atoms with van der Waals surface area (Å²) in [7, 11) is 7.36. The first-order chi connectivity index (χ1) is 39.0. The van der Waals surface area contributed by atoms with Gasteiger partial charge in [0.2, 0.25) is 9.23 Å². The molecule has 420 valence electrons. The van der Waals surface area contributed by atoms with Crippen LogP contribution in [0.3, 0.4) is 0 Å². The van der Waals surface area contributed by atoms with Crippen LogP contribution < -0.4 is 44.3 Å². The van der Waals surface area contributed by atoms with Crippen molar-refractivity contribution in [2.24, 2.45) is 5.11 Å². The van der Waals surface area contributed by atoms with Crippen LogP contribution in [0.15, 0.2) is 151 Å². The van der Waals surface area contributed by atoms with Gasteiger partial charge >= 0.3 is 40.9 Å². The summed E-state index contributed by atoms with van der Waals surface area (Å²) in [5.74, 6) is 0. The fourth-order valence-corrected chi connectivity index (χ4v) is 12.4. The Morgan fingerprint density at radius 3 is 1.17 bits per heavy atom. The number of anilines is 6. The van der Waals surface area contributed by atoms with E-state index < -0.39 is 44.9 Å². The molecule has 0 amide bonds. The topological polar surface area (TPSA) is 258 Å². The minimum Gasteiger partial charge on any atom is -0.390 e. The zero-order valence-electron chi connectivity index (χ0n) is 44.3. The molecule has 7 heterocycles. The van der Waals surface area contributed by atoms with Crippen LogP contribution in [0, 0.1) is 0 Å². The zero-order chi connectivity index (χ0) is 56.1. The fourth-order valence-electron chi connectivity index (χ4n) is 11.5. The third-order valence-corrected chi connectivity index (χ3v) is 15.9. The molecule has 0 aliphatic carbocycles. The van der Waals surface area contributed by atoms with E-state index in [4.69, 9.17) is 43.4 Å². The van der Waals surface area contributed by atoms with Crippen molar-refractivity contribution in [3.63, 3.8) is 0 Å². The monoisotopic (exact) mass is 1190 g/mol. The summed E-state index contributed by atoms with van der Waals surface area (Å²) in [6, 6.07) is 48.8. The summed E-state index contributed by atoms with van der Waals surface area (Å²) in [5.41, 5.74) is 36.6. The van der Waals surface area contributed by atoms with E-state index in [1.807, 2.05) is 36.4 Å². The van der Waals surface area contributed by atoms with Gasteiger partial charge in [-0.2, -0.15) is 4.21 Å². The summed E-state index contributed by atoms with van der Waals surface area (Å²) in [5, 5.41) is 35.2. The fraction of sp³-hybridized carbons (Fsp3) is 0.368. The summed E-state index contributed by atoms with van der Waals surface area (Å²) in [6.45, 7) is 2.17. The minimum absolute atomic E-state index is 0. The first-order valence-electron chi connectivity index (χ1n) is 26.2. The Morgan fingerprint density at radius 2 is 0.802 bits per heavy atom. The molecule has 0 spiro atoms. The van der Waals surface area contributed by atoms with Crippen molar-refractivity contribution in [2.45, 2.75) is 93.2 Å². The van der Waals surface area contributed by atoms with Gasteiger partial charge in [-0.25, -0.2) is 4.21 Å². The Bertz CT molecular complexity index is 3070. The molecular weight excluding hydrogens is 1130 g/mol. The molecule has 13 rings (SSSR count). The Labute approximate surface area is 506 Å². The molecule has 24 heteroatoms. The quantitative estimate of drug-likeness (QED) is 0.0529. The van der Waals surface area contributed by atoms with Crippen molar-refractivity contribution in [2.75, 3.05) is 54.3 Å². The van der Waals surface area contributed by atoms with Crippen LogP contribution >= 0.6 is 21.4 Å². The second-order valence-corrected chi connectivity index (χ2v) is 23.0. The van der Waals surface area contributed by atoms with Gasteiger partial charge in [0.25, 0.3) is 0 Å². The average Bonchev–Trinajstić information content (AvgIpc) is 3.87. The third-order valence-electron chi connectivity index (χ3n) is 15.1. The Kier molecular flexibility index (Phi) is 22.9. The maximum Gasteiger partial charge on any atom is 1.00 e. The molecule has 5 unspecified atom stereocenters. The number of aliphatic hydroxyl groups is 3. The van der Waals surface area contributed by atoms with Gasteiger partial charge < -0.3 is 55.3 Å². The first-order valence-corrected chi connectivity index (χ1v) is 30.0. The molecule has 0 aromatic heterocycles. The number of halogens is 2. The van der Waals surface area contributed by atoms with E-state index in [-0.39, 0.29) is 73.1 Å². The number of hydrogen-bond acceptors (Lipinski definition) is 14. The second kappa shape index (κ2) is 29.9. The van der Waals surface area contributed by atoms with Crippen molar-refractivity contribution in [3.8, 4) is 0 Å². The van der Waals surface area contributed by atoms with Crippen molar-refractivity contribution in [1.29, 1.82) is 0 Å². The molecule has 0 radical (unpaired) electrons. The predicted octanol–water partition coefficient (Wildman–Crippen LogP) is 7.00. The molecule has 0 saturated carbocycles. The number of benzene rings is 6. The van der Waals surface area contributed by atoms with E-state index in [0.717, 1.165) is 61.3 Å². The van der Waals surface area contributed by atoms with E-state index in [0.29, 0.717) is 26.4 Å². The van der Waals surface area contributed by atoms with Crippen molar-refractivity contribution < 1.29 is 75.9 Å². The van der Waals surface area contributed by atoms with Gasteiger partial charge in [-0.1, -0.05) is 114 Å². The molecule has 7 aliphatic rings. The first kappa shape index (κ1) is 62.0. The molecule has 4 fully saturated rings. The van der Waals surface area contributed by atoms with E-state index >= 15 is 0 Å². The predicted molar refractivity (Wildman–Crippen MR) is 310 cm³/mol. The zero-order valence-corrected chi connectivity index (χ0v) is 49.5. The number of aryl methyl sites for hydroxylation is 6. The van der Waals surface area contributed by atoms with Crippen molar-refractivity contribution >= 4 is 76.1 Å². The Morgan fingerprint density at radius 1 is 0.494 bits per heavy atom. The summed E-state index contributed by atoms with van der Waals surface area (Å²) in [6.07, 6.45) is 2.80. The van der Waals surface area contributed by atoms with Crippen LogP contribution in [0.25, 0.3) is 26.4 Å². The number of azide groups is 1. The molecule has 0 bridgehead atoms. The smallest absolute Gasteiger partial charge is 0.390 e. The van der Waals surface area contributed by atoms with Gasteiger partial charge in [-0.05, 0) is 114 Å². The second-order valence-electron chi connectivity index (χ2n) is 19.7. The van der Waals surface area contributed by atoms with E-state index in [1.165, 1.54) is 49.7 Å². The summed E-state index contributed by atoms with van der Waals surface area (Å²) in [4.78, 5) is 11.0. The number of nitrogens with zero attached hydrogens (tertiary/aromatic N) is 9. The van der Waals surface area contributed by atoms with Gasteiger partial charge in [0.05, 0.1) is 69.9 Å². The van der Waals surface area contributed by atoms with Crippen molar-refractivity contribution in [3.05, 3.63) is 205 Å². The molecule has 4 saturated heterocycles. The number of hydrogen-bond donors (Lipinski definition) is 3. The number of ether oxygens (including phenoxy) is 3. The number of aliphatic hydroxyl groups excluding tert-OH is 3. The summed E-state index contributed by atoms with van der Waals surface area (Å²) >= 11 is -1.69. The van der Waals surface area contributed by atoms with Gasteiger partial charge in [0.1, 0.15) is 24.4 Å². The van der Waals surface area contributed by atoms with E-state index in [1.54, 1.807) is 0 Å². The van der Waals surface area contributed by atoms with Gasteiger partial charge in [0.15, 0.2) is 0 Å². The Balaban J connectivity index is 0.000000150. The van der Waals surface area contributed by atoms with Crippen LogP contribution in [0.5, 0.6) is 0 Å². The number of fused-ring (bicyclic) bond motifs is 7. The SMILES string of the molecule is O=S(Cl)Cl.O=S1OC2C(N3c4ccccc4CCc4ccccc43)COC[C@@H]2O1.O[C@@H]1C(N2c3ccccc3CCc3ccccc32)COC[C@@H]1O.[N-]=[N+]=N[C@@H]1COCC(N2c3ccccc3CCc3ccccc32)[C@H]1O.[N-]=[N+]=[N-].[Na+]. The van der Waals surface area contributed by atoms with Crippen molar-refractivity contribution in [1.82, 2.24) is 0 Å². The van der Waals surface area contributed by atoms with Crippen LogP contribution in [-0.2, 0) is 81.7 Å². The molecular formula is C57H60Cl2N9NaO10S2. The maximum atomic E-state index is 11.8. The number of rotatable bonds is 4. The van der Waals surface area contributed by atoms with Crippen LogP contribution in [0.1, 0.15) is 33.4 Å². The molecule has 19 nitrogen and oxygen atoms in total. The molecule has 7 aliphatic heterocycles. The standard InChI is InChI=1S/C19H20N4O2.C19H19NO4S.C19H21NO3.Cl2OS.N3.Na/c20-22-21-15-11-25-12-18(19(15)24)23-16-7-3-1-5-13(16)9-10-14-6-2-4-8-17(14)23;21-25-23-18-12-22-11-17(19(18)24-25)20-15-7-3-1-5-13(15)9-10-14-6-2-4-8-16(14)20;21-18-12-23-11-17(19(18)22)20-15-7-3-1-5-13(15)9-10-14-6-2-4-8-16(14)20;1-4(2)3;1-3-2;/h1-8,15,18-19,24H,9-12H2;1-8,17-19H,9-12H2;1-8,17-19,21-22H,9-12H2;;;/q;;;;-1;+1/t15-,18?,19+;17?,18-,19?,25?;17?,18-,19+;;;/m100.../s1.